The number of halogens is 1. The molecule has 0 amide bonds. The number of carbonyl (C=O) groups is 1. The largest absolute Gasteiger partial charge is 0.493 e. The Kier molecular flexibility index (Phi) is 5.82. The summed E-state index contributed by atoms with van der Waals surface area (Å²) in [4.78, 5) is 11.2. The smallest absolute Gasteiger partial charge is 0.335 e. The lowest BCUT2D eigenvalue weighted by Gasteiger charge is -2.15. The van der Waals surface area contributed by atoms with Gasteiger partial charge in [0.25, 0.3) is 0 Å². The predicted octanol–water partition coefficient (Wildman–Crippen LogP) is 4.46. The summed E-state index contributed by atoms with van der Waals surface area (Å²) in [6.07, 6.45) is 2.19. The summed E-state index contributed by atoms with van der Waals surface area (Å²) in [6.45, 7) is 4.07. The second-order valence-electron chi connectivity index (χ2n) is 4.88. The molecule has 0 aliphatic carbocycles. The van der Waals surface area contributed by atoms with Gasteiger partial charge in [-0.25, -0.2) is 4.79 Å². The molecule has 0 fully saturated rings. The van der Waals surface area contributed by atoms with Crippen LogP contribution >= 0.6 is 15.9 Å². The van der Waals surface area contributed by atoms with Crippen LogP contribution in [0.3, 0.4) is 0 Å². The quantitative estimate of drug-likeness (QED) is 0.724. The summed E-state index contributed by atoms with van der Waals surface area (Å²) in [5.41, 5.74) is 1.89. The molecule has 0 radical (unpaired) electrons. The lowest BCUT2D eigenvalue weighted by Crippen LogP contribution is -2.04. The maximum Gasteiger partial charge on any atom is 0.335 e. The highest BCUT2D eigenvalue weighted by atomic mass is 79.9. The summed E-state index contributed by atoms with van der Waals surface area (Å²) < 4.78 is 12.2. The predicted molar refractivity (Wildman–Crippen MR) is 92.3 cm³/mol. The fraction of sp³-hybridized carbons (Fsp3) is 0.167. The summed E-state index contributed by atoms with van der Waals surface area (Å²) in [5.74, 6) is -0.0627. The Labute approximate surface area is 143 Å². The second kappa shape index (κ2) is 7.83. The summed E-state index contributed by atoms with van der Waals surface area (Å²) >= 11 is 3.39. The molecule has 2 aromatic rings. The molecule has 0 heterocycles. The molecule has 0 atom stereocenters. The van der Waals surface area contributed by atoms with Gasteiger partial charge in [-0.3, -0.25) is 0 Å². The van der Waals surface area contributed by atoms with E-state index in [-0.39, 0.29) is 5.56 Å². The van der Waals surface area contributed by atoms with Crippen molar-refractivity contribution < 1.29 is 19.4 Å². The average Bonchev–Trinajstić information content (AvgIpc) is 2.54. The Hall–Kier alpha value is -2.27. The average molecular weight is 377 g/mol. The van der Waals surface area contributed by atoms with Crippen LogP contribution in [0.2, 0.25) is 0 Å². The van der Waals surface area contributed by atoms with E-state index in [1.54, 1.807) is 12.1 Å². The van der Waals surface area contributed by atoms with Crippen molar-refractivity contribution in [2.75, 3.05) is 7.11 Å². The van der Waals surface area contributed by atoms with E-state index in [1.165, 1.54) is 13.2 Å². The number of rotatable bonds is 7. The number of benzene rings is 2. The molecular weight excluding hydrogens is 360 g/mol. The maximum absolute atomic E-state index is 11.2. The highest BCUT2D eigenvalue weighted by Crippen LogP contribution is 2.34. The molecule has 4 nitrogen and oxygen atoms in total. The Balaban J connectivity index is 2.32. The molecule has 5 heteroatoms. The molecule has 2 aromatic carbocycles. The molecule has 23 heavy (non-hydrogen) atoms. The van der Waals surface area contributed by atoms with E-state index in [9.17, 15) is 9.90 Å². The molecule has 0 bridgehead atoms. The monoisotopic (exact) mass is 376 g/mol. The number of methoxy groups -OCH3 is 1. The first-order valence-electron chi connectivity index (χ1n) is 6.97. The molecule has 0 aliphatic rings. The van der Waals surface area contributed by atoms with Gasteiger partial charge in [0.1, 0.15) is 6.61 Å². The summed E-state index contributed by atoms with van der Waals surface area (Å²) in [5, 5.41) is 9.20. The first-order chi connectivity index (χ1) is 11.0. The van der Waals surface area contributed by atoms with Gasteiger partial charge in [0.2, 0.25) is 0 Å². The minimum atomic E-state index is -1.01. The maximum atomic E-state index is 11.2. The Morgan fingerprint density at radius 3 is 2.57 bits per heavy atom. The van der Waals surface area contributed by atoms with E-state index < -0.39 is 5.97 Å². The topological polar surface area (TPSA) is 55.8 Å². The SMILES string of the molecule is C=CCc1cc(C(=O)O)cc(OC)c1OCc1ccc(Br)cc1. The van der Waals surface area contributed by atoms with Crippen LogP contribution in [-0.2, 0) is 13.0 Å². The molecule has 0 aliphatic heterocycles. The number of carboxylic acid groups (broad SMARTS) is 1. The van der Waals surface area contributed by atoms with E-state index in [1.807, 2.05) is 24.3 Å². The van der Waals surface area contributed by atoms with Gasteiger partial charge >= 0.3 is 5.97 Å². The molecule has 120 valence electrons. The van der Waals surface area contributed by atoms with Crippen LogP contribution in [0.25, 0.3) is 0 Å². The van der Waals surface area contributed by atoms with Gasteiger partial charge in [-0.2, -0.15) is 0 Å². The number of aromatic carboxylic acids is 1. The fourth-order valence-electron chi connectivity index (χ4n) is 2.14. The zero-order valence-electron chi connectivity index (χ0n) is 12.7. The highest BCUT2D eigenvalue weighted by molar-refractivity contribution is 9.10. The van der Waals surface area contributed by atoms with Crippen LogP contribution in [-0.4, -0.2) is 18.2 Å². The third-order valence-corrected chi connectivity index (χ3v) is 3.79. The van der Waals surface area contributed by atoms with Crippen LogP contribution in [0.15, 0.2) is 53.5 Å². The van der Waals surface area contributed by atoms with Crippen molar-refractivity contribution in [2.24, 2.45) is 0 Å². The third-order valence-electron chi connectivity index (χ3n) is 3.26. The molecule has 0 unspecified atom stereocenters. The number of hydrogen-bond acceptors (Lipinski definition) is 3. The molecule has 1 N–H and O–H groups in total. The van der Waals surface area contributed by atoms with Gasteiger partial charge in [0.15, 0.2) is 11.5 Å². The van der Waals surface area contributed by atoms with Crippen molar-refractivity contribution in [1.29, 1.82) is 0 Å². The highest BCUT2D eigenvalue weighted by Gasteiger charge is 2.16. The van der Waals surface area contributed by atoms with Gasteiger partial charge in [-0.15, -0.1) is 6.58 Å². The van der Waals surface area contributed by atoms with Crippen molar-refractivity contribution >= 4 is 21.9 Å². The van der Waals surface area contributed by atoms with Gasteiger partial charge in [-0.05, 0) is 36.2 Å². The Morgan fingerprint density at radius 1 is 1.30 bits per heavy atom. The number of hydrogen-bond donors (Lipinski definition) is 1. The number of ether oxygens (including phenoxy) is 2. The first-order valence-corrected chi connectivity index (χ1v) is 7.76. The molecule has 0 saturated heterocycles. The molecular formula is C18H17BrO4. The number of allylic oxidation sites excluding steroid dienone is 1. The van der Waals surface area contributed by atoms with Crippen LogP contribution < -0.4 is 9.47 Å². The molecule has 0 saturated carbocycles. The third kappa shape index (κ3) is 4.36. The van der Waals surface area contributed by atoms with Crippen molar-refractivity contribution in [3.63, 3.8) is 0 Å². The standard InChI is InChI=1S/C18H17BrO4/c1-3-4-13-9-14(18(20)21)10-16(22-2)17(13)23-11-12-5-7-15(19)8-6-12/h3,5-10H,1,4,11H2,2H3,(H,20,21). The van der Waals surface area contributed by atoms with E-state index in [0.29, 0.717) is 24.5 Å². The van der Waals surface area contributed by atoms with E-state index in [0.717, 1.165) is 15.6 Å². The zero-order chi connectivity index (χ0) is 16.8. The Bertz CT molecular complexity index is 708. The van der Waals surface area contributed by atoms with E-state index in [4.69, 9.17) is 9.47 Å². The van der Waals surface area contributed by atoms with Crippen LogP contribution in [0.1, 0.15) is 21.5 Å². The minimum Gasteiger partial charge on any atom is -0.493 e. The van der Waals surface area contributed by atoms with Crippen LogP contribution in [0.5, 0.6) is 11.5 Å². The van der Waals surface area contributed by atoms with Crippen molar-refractivity contribution in [3.05, 3.63) is 70.2 Å². The minimum absolute atomic E-state index is 0.162. The normalized spacial score (nSPS) is 10.2. The molecule has 2 rings (SSSR count). The Morgan fingerprint density at radius 2 is 2.00 bits per heavy atom. The lowest BCUT2D eigenvalue weighted by atomic mass is 10.1. The van der Waals surface area contributed by atoms with Crippen molar-refractivity contribution in [2.45, 2.75) is 13.0 Å². The summed E-state index contributed by atoms with van der Waals surface area (Å²) in [6, 6.07) is 10.8. The van der Waals surface area contributed by atoms with E-state index in [2.05, 4.69) is 22.5 Å². The van der Waals surface area contributed by atoms with Gasteiger partial charge in [-0.1, -0.05) is 34.1 Å². The van der Waals surface area contributed by atoms with Crippen LogP contribution in [0.4, 0.5) is 0 Å². The van der Waals surface area contributed by atoms with Crippen molar-refractivity contribution in [1.82, 2.24) is 0 Å². The second-order valence-corrected chi connectivity index (χ2v) is 5.80. The van der Waals surface area contributed by atoms with Gasteiger partial charge in [0.05, 0.1) is 12.7 Å². The molecule has 0 aromatic heterocycles. The number of carboxylic acids is 1. The van der Waals surface area contributed by atoms with E-state index >= 15 is 0 Å². The lowest BCUT2D eigenvalue weighted by molar-refractivity contribution is 0.0696. The zero-order valence-corrected chi connectivity index (χ0v) is 14.3. The van der Waals surface area contributed by atoms with Gasteiger partial charge in [0, 0.05) is 10.0 Å². The first kappa shape index (κ1) is 17.1. The van der Waals surface area contributed by atoms with Crippen LogP contribution in [0, 0.1) is 0 Å². The molecule has 0 spiro atoms. The fourth-order valence-corrected chi connectivity index (χ4v) is 2.41. The summed E-state index contributed by atoms with van der Waals surface area (Å²) in [7, 11) is 1.49. The van der Waals surface area contributed by atoms with Crippen molar-refractivity contribution in [3.8, 4) is 11.5 Å². The van der Waals surface area contributed by atoms with Gasteiger partial charge < -0.3 is 14.6 Å².